The average Bonchev–Trinajstić information content (AvgIpc) is 2.78. The zero-order valence-electron chi connectivity index (χ0n) is 11.4. The molecule has 5 heteroatoms. The van der Waals surface area contributed by atoms with Gasteiger partial charge in [-0.2, -0.15) is 5.10 Å². The summed E-state index contributed by atoms with van der Waals surface area (Å²) >= 11 is 0. The molecule has 100 valence electrons. The molecule has 0 spiro atoms. The number of anilines is 2. The first kappa shape index (κ1) is 13.1. The van der Waals surface area contributed by atoms with Crippen LogP contribution in [0.4, 0.5) is 11.4 Å². The van der Waals surface area contributed by atoms with Crippen LogP contribution in [0.1, 0.15) is 23.0 Å². The van der Waals surface area contributed by atoms with Gasteiger partial charge in [-0.25, -0.2) is 0 Å². The number of rotatable bonds is 3. The van der Waals surface area contributed by atoms with Crippen molar-refractivity contribution in [3.63, 3.8) is 0 Å². The SMILES string of the molecule is CCc1nn(C)cc1C(=O)N(C)c1cccc(N)c1. The van der Waals surface area contributed by atoms with Crippen molar-refractivity contribution in [3.05, 3.63) is 41.7 Å². The van der Waals surface area contributed by atoms with Gasteiger partial charge in [-0.15, -0.1) is 0 Å². The number of nitrogens with two attached hydrogens (primary N) is 1. The maximum atomic E-state index is 12.5. The van der Waals surface area contributed by atoms with Gasteiger partial charge < -0.3 is 10.6 Å². The maximum Gasteiger partial charge on any atom is 0.261 e. The highest BCUT2D eigenvalue weighted by Crippen LogP contribution is 2.19. The first-order chi connectivity index (χ1) is 9.02. The molecule has 2 aromatic rings. The first-order valence-electron chi connectivity index (χ1n) is 6.19. The lowest BCUT2D eigenvalue weighted by molar-refractivity contribution is 0.0992. The van der Waals surface area contributed by atoms with Crippen LogP contribution >= 0.6 is 0 Å². The van der Waals surface area contributed by atoms with Crippen LogP contribution in [0.5, 0.6) is 0 Å². The van der Waals surface area contributed by atoms with E-state index in [4.69, 9.17) is 5.73 Å². The van der Waals surface area contributed by atoms with Gasteiger partial charge in [-0.3, -0.25) is 9.48 Å². The standard InChI is InChI=1S/C14H18N4O/c1-4-13-12(9-17(2)16-13)14(19)18(3)11-7-5-6-10(15)8-11/h5-9H,4,15H2,1-3H3. The van der Waals surface area contributed by atoms with Crippen molar-refractivity contribution in [1.82, 2.24) is 9.78 Å². The van der Waals surface area contributed by atoms with Crippen LogP contribution in [0.15, 0.2) is 30.5 Å². The van der Waals surface area contributed by atoms with E-state index >= 15 is 0 Å². The predicted octanol–water partition coefficient (Wildman–Crippen LogP) is 1.84. The van der Waals surface area contributed by atoms with Crippen molar-refractivity contribution >= 4 is 17.3 Å². The van der Waals surface area contributed by atoms with Crippen molar-refractivity contribution < 1.29 is 4.79 Å². The first-order valence-corrected chi connectivity index (χ1v) is 6.19. The molecule has 0 aliphatic rings. The number of benzene rings is 1. The average molecular weight is 258 g/mol. The molecule has 0 unspecified atom stereocenters. The van der Waals surface area contributed by atoms with Gasteiger partial charge in [0.15, 0.2) is 0 Å². The number of carbonyl (C=O) groups excluding carboxylic acids is 1. The predicted molar refractivity (Wildman–Crippen MR) is 76.2 cm³/mol. The second-order valence-corrected chi connectivity index (χ2v) is 4.48. The largest absolute Gasteiger partial charge is 0.399 e. The summed E-state index contributed by atoms with van der Waals surface area (Å²) in [6.45, 7) is 1.99. The van der Waals surface area contributed by atoms with E-state index < -0.39 is 0 Å². The van der Waals surface area contributed by atoms with E-state index in [1.807, 2.05) is 26.1 Å². The molecule has 1 heterocycles. The molecule has 0 bridgehead atoms. The van der Waals surface area contributed by atoms with Crippen LogP contribution in [-0.2, 0) is 13.5 Å². The Hall–Kier alpha value is -2.30. The molecule has 0 aliphatic heterocycles. The Balaban J connectivity index is 2.33. The summed E-state index contributed by atoms with van der Waals surface area (Å²) in [5, 5.41) is 4.29. The van der Waals surface area contributed by atoms with Crippen LogP contribution in [-0.4, -0.2) is 22.7 Å². The van der Waals surface area contributed by atoms with Crippen LogP contribution in [0.25, 0.3) is 0 Å². The van der Waals surface area contributed by atoms with Gasteiger partial charge in [-0.1, -0.05) is 13.0 Å². The lowest BCUT2D eigenvalue weighted by Crippen LogP contribution is -2.26. The normalized spacial score (nSPS) is 10.5. The summed E-state index contributed by atoms with van der Waals surface area (Å²) in [4.78, 5) is 14.1. The van der Waals surface area contributed by atoms with Gasteiger partial charge in [0.25, 0.3) is 5.91 Å². The number of amides is 1. The minimum atomic E-state index is -0.0736. The Morgan fingerprint density at radius 2 is 2.21 bits per heavy atom. The number of aromatic nitrogens is 2. The van der Waals surface area contributed by atoms with Gasteiger partial charge in [0, 0.05) is 31.7 Å². The fraction of sp³-hybridized carbons (Fsp3) is 0.286. The third-order valence-electron chi connectivity index (χ3n) is 3.03. The molecule has 0 radical (unpaired) electrons. The Labute approximate surface area is 112 Å². The molecule has 5 nitrogen and oxygen atoms in total. The Morgan fingerprint density at radius 1 is 1.47 bits per heavy atom. The number of hydrogen-bond acceptors (Lipinski definition) is 3. The maximum absolute atomic E-state index is 12.5. The zero-order chi connectivity index (χ0) is 14.0. The van der Waals surface area contributed by atoms with E-state index in [0.717, 1.165) is 17.8 Å². The molecular formula is C14H18N4O. The van der Waals surface area contributed by atoms with Crippen molar-refractivity contribution in [1.29, 1.82) is 0 Å². The highest BCUT2D eigenvalue weighted by atomic mass is 16.2. The number of nitrogen functional groups attached to an aromatic ring is 1. The highest BCUT2D eigenvalue weighted by Gasteiger charge is 2.19. The second kappa shape index (κ2) is 5.14. The van der Waals surface area contributed by atoms with E-state index in [2.05, 4.69) is 5.10 Å². The molecular weight excluding hydrogens is 240 g/mol. The molecule has 0 saturated heterocycles. The Bertz CT molecular complexity index is 603. The molecule has 2 N–H and O–H groups in total. The molecule has 2 rings (SSSR count). The summed E-state index contributed by atoms with van der Waals surface area (Å²) in [7, 11) is 3.56. The molecule has 1 aromatic carbocycles. The monoisotopic (exact) mass is 258 g/mol. The van der Waals surface area contributed by atoms with Crippen LogP contribution in [0.3, 0.4) is 0 Å². The molecule has 1 aromatic heterocycles. The number of carbonyl (C=O) groups is 1. The van der Waals surface area contributed by atoms with Crippen molar-refractivity contribution in [2.45, 2.75) is 13.3 Å². The van der Waals surface area contributed by atoms with E-state index in [0.29, 0.717) is 11.3 Å². The van der Waals surface area contributed by atoms with Gasteiger partial charge in [0.2, 0.25) is 0 Å². The van der Waals surface area contributed by atoms with Gasteiger partial charge in [-0.05, 0) is 24.6 Å². The Morgan fingerprint density at radius 3 is 2.84 bits per heavy atom. The lowest BCUT2D eigenvalue weighted by Gasteiger charge is -2.17. The van der Waals surface area contributed by atoms with E-state index in [1.165, 1.54) is 0 Å². The lowest BCUT2D eigenvalue weighted by atomic mass is 10.1. The van der Waals surface area contributed by atoms with Gasteiger partial charge in [0.1, 0.15) is 0 Å². The smallest absolute Gasteiger partial charge is 0.261 e. The third-order valence-corrected chi connectivity index (χ3v) is 3.03. The van der Waals surface area contributed by atoms with Crippen molar-refractivity contribution in [2.75, 3.05) is 17.7 Å². The van der Waals surface area contributed by atoms with Crippen LogP contribution in [0.2, 0.25) is 0 Å². The summed E-state index contributed by atoms with van der Waals surface area (Å²) < 4.78 is 1.67. The highest BCUT2D eigenvalue weighted by molar-refractivity contribution is 6.06. The van der Waals surface area contributed by atoms with Crippen molar-refractivity contribution in [3.8, 4) is 0 Å². The summed E-state index contributed by atoms with van der Waals surface area (Å²) in [5.74, 6) is -0.0736. The quantitative estimate of drug-likeness (QED) is 0.854. The number of aryl methyl sites for hydroxylation is 2. The molecule has 0 atom stereocenters. The minimum Gasteiger partial charge on any atom is -0.399 e. The fourth-order valence-electron chi connectivity index (χ4n) is 2.01. The number of nitrogens with zero attached hydrogens (tertiary/aromatic N) is 3. The molecule has 1 amide bonds. The second-order valence-electron chi connectivity index (χ2n) is 4.48. The Kier molecular flexibility index (Phi) is 3.55. The van der Waals surface area contributed by atoms with Crippen molar-refractivity contribution in [2.24, 2.45) is 7.05 Å². The molecule has 0 fully saturated rings. The van der Waals surface area contributed by atoms with E-state index in [-0.39, 0.29) is 5.91 Å². The van der Waals surface area contributed by atoms with Gasteiger partial charge in [0.05, 0.1) is 11.3 Å². The molecule has 0 saturated carbocycles. The third kappa shape index (κ3) is 2.59. The molecule has 0 aliphatic carbocycles. The molecule has 19 heavy (non-hydrogen) atoms. The van der Waals surface area contributed by atoms with Crippen LogP contribution < -0.4 is 10.6 Å². The summed E-state index contributed by atoms with van der Waals surface area (Å²) in [6, 6.07) is 7.26. The summed E-state index contributed by atoms with van der Waals surface area (Å²) in [6.07, 6.45) is 2.48. The summed E-state index contributed by atoms with van der Waals surface area (Å²) in [5.41, 5.74) is 8.60. The van der Waals surface area contributed by atoms with Gasteiger partial charge >= 0.3 is 0 Å². The minimum absolute atomic E-state index is 0.0736. The number of hydrogen-bond donors (Lipinski definition) is 1. The van der Waals surface area contributed by atoms with Crippen LogP contribution in [0, 0.1) is 0 Å². The van der Waals surface area contributed by atoms with E-state index in [1.54, 1.807) is 35.0 Å². The topological polar surface area (TPSA) is 64.2 Å². The van der Waals surface area contributed by atoms with E-state index in [9.17, 15) is 4.79 Å². The fourth-order valence-corrected chi connectivity index (χ4v) is 2.01. The zero-order valence-corrected chi connectivity index (χ0v) is 11.4.